The van der Waals surface area contributed by atoms with Crippen molar-refractivity contribution in [3.05, 3.63) is 68.9 Å². The molecule has 9 nitrogen and oxygen atoms in total. The van der Waals surface area contributed by atoms with E-state index in [-0.39, 0.29) is 36.6 Å². The fourth-order valence-corrected chi connectivity index (χ4v) is 3.46. The number of carbonyl (C=O) groups is 1. The number of para-hydroxylation sites is 1. The molecule has 0 bridgehead atoms. The number of hydrogen-bond donors (Lipinski definition) is 2. The lowest BCUT2D eigenvalue weighted by atomic mass is 9.98. The average Bonchev–Trinajstić information content (AvgIpc) is 3.15. The van der Waals surface area contributed by atoms with Crippen LogP contribution in [-0.2, 0) is 11.3 Å². The van der Waals surface area contributed by atoms with Crippen molar-refractivity contribution in [2.75, 3.05) is 6.61 Å². The van der Waals surface area contributed by atoms with E-state index in [1.54, 1.807) is 13.0 Å². The van der Waals surface area contributed by atoms with Crippen LogP contribution in [0.3, 0.4) is 0 Å². The minimum absolute atomic E-state index is 0.00985. The van der Waals surface area contributed by atoms with Crippen LogP contribution in [0.15, 0.2) is 51.6 Å². The van der Waals surface area contributed by atoms with Crippen LogP contribution >= 0.6 is 0 Å². The first-order chi connectivity index (χ1) is 14.4. The molecule has 2 aromatic rings. The Hall–Kier alpha value is -3.62. The lowest BCUT2D eigenvalue weighted by Crippen LogP contribution is -2.33. The molecule has 1 aliphatic rings. The predicted octanol–water partition coefficient (Wildman–Crippen LogP) is 1.91. The van der Waals surface area contributed by atoms with E-state index in [9.17, 15) is 19.5 Å². The van der Waals surface area contributed by atoms with Gasteiger partial charge in [-0.1, -0.05) is 31.2 Å². The van der Waals surface area contributed by atoms with E-state index in [0.29, 0.717) is 12.4 Å². The van der Waals surface area contributed by atoms with Crippen molar-refractivity contribution in [2.24, 2.45) is 5.10 Å². The van der Waals surface area contributed by atoms with E-state index in [0.717, 1.165) is 10.1 Å². The van der Waals surface area contributed by atoms with Gasteiger partial charge in [0.1, 0.15) is 11.3 Å². The van der Waals surface area contributed by atoms with E-state index >= 15 is 0 Å². The Labute approximate surface area is 172 Å². The van der Waals surface area contributed by atoms with Gasteiger partial charge in [0.15, 0.2) is 0 Å². The first kappa shape index (κ1) is 21.1. The van der Waals surface area contributed by atoms with E-state index in [4.69, 9.17) is 4.74 Å². The zero-order valence-corrected chi connectivity index (χ0v) is 16.9. The van der Waals surface area contributed by atoms with Gasteiger partial charge in [-0.15, -0.1) is 6.58 Å². The van der Waals surface area contributed by atoms with Gasteiger partial charge < -0.3 is 9.84 Å². The van der Waals surface area contributed by atoms with E-state index in [1.807, 2.05) is 25.1 Å². The SMILES string of the molecule is C=CCn1c(O)c(C2=NN(C(=O)CC)C(c3ccccc3OCC)C2)c(=O)[nH]c1=O. The number of amides is 1. The summed E-state index contributed by atoms with van der Waals surface area (Å²) in [6, 6.07) is 6.80. The van der Waals surface area contributed by atoms with Crippen LogP contribution in [0.4, 0.5) is 0 Å². The minimum atomic E-state index is -0.765. The van der Waals surface area contributed by atoms with Gasteiger partial charge in [-0.2, -0.15) is 5.10 Å². The van der Waals surface area contributed by atoms with Crippen LogP contribution in [0.5, 0.6) is 11.6 Å². The molecule has 3 rings (SSSR count). The molecule has 158 valence electrons. The Balaban J connectivity index is 2.12. The highest BCUT2D eigenvalue weighted by molar-refractivity contribution is 6.04. The Morgan fingerprint density at radius 1 is 1.37 bits per heavy atom. The molecule has 9 heteroatoms. The van der Waals surface area contributed by atoms with Gasteiger partial charge in [-0.3, -0.25) is 19.1 Å². The summed E-state index contributed by atoms with van der Waals surface area (Å²) in [4.78, 5) is 39.3. The Kier molecular flexibility index (Phi) is 6.20. The van der Waals surface area contributed by atoms with Crippen LogP contribution in [0.1, 0.15) is 43.9 Å². The summed E-state index contributed by atoms with van der Waals surface area (Å²) < 4.78 is 6.69. The van der Waals surface area contributed by atoms with Crippen LogP contribution < -0.4 is 16.0 Å². The smallest absolute Gasteiger partial charge is 0.331 e. The highest BCUT2D eigenvalue weighted by atomic mass is 16.5. The number of hydrazone groups is 1. The van der Waals surface area contributed by atoms with Crippen molar-refractivity contribution < 1.29 is 14.6 Å². The fourth-order valence-electron chi connectivity index (χ4n) is 3.46. The predicted molar refractivity (Wildman–Crippen MR) is 112 cm³/mol. The molecule has 1 unspecified atom stereocenters. The van der Waals surface area contributed by atoms with Gasteiger partial charge in [0.25, 0.3) is 5.56 Å². The number of allylic oxidation sites excluding steroid dienone is 1. The van der Waals surface area contributed by atoms with Crippen molar-refractivity contribution in [1.29, 1.82) is 0 Å². The Morgan fingerprint density at radius 2 is 2.10 bits per heavy atom. The first-order valence-corrected chi connectivity index (χ1v) is 9.71. The third-order valence-corrected chi connectivity index (χ3v) is 4.82. The summed E-state index contributed by atoms with van der Waals surface area (Å²) in [5, 5.41) is 16.3. The molecule has 2 heterocycles. The Bertz CT molecular complexity index is 1120. The summed E-state index contributed by atoms with van der Waals surface area (Å²) in [7, 11) is 0. The molecule has 1 aromatic carbocycles. The number of nitrogens with zero attached hydrogens (tertiary/aromatic N) is 3. The number of aromatic hydroxyl groups is 1. The number of benzene rings is 1. The van der Waals surface area contributed by atoms with Gasteiger partial charge in [0.05, 0.1) is 18.4 Å². The number of H-pyrrole nitrogens is 1. The van der Waals surface area contributed by atoms with Gasteiger partial charge in [-0.25, -0.2) is 9.80 Å². The van der Waals surface area contributed by atoms with Gasteiger partial charge in [0.2, 0.25) is 11.8 Å². The van der Waals surface area contributed by atoms with Gasteiger partial charge >= 0.3 is 5.69 Å². The molecule has 30 heavy (non-hydrogen) atoms. The number of aromatic nitrogens is 2. The molecule has 0 fully saturated rings. The maximum absolute atomic E-state index is 12.6. The summed E-state index contributed by atoms with van der Waals surface area (Å²) >= 11 is 0. The lowest BCUT2D eigenvalue weighted by Gasteiger charge is -2.23. The standard InChI is InChI=1S/C21H24N4O5/c1-4-11-24-20(28)18(19(27)22-21(24)29)14-12-15(25(23-14)17(26)5-2)13-9-7-8-10-16(13)30-6-3/h4,7-10,15,28H,1,5-6,11-12H2,2-3H3,(H,22,27,29). The van der Waals surface area contributed by atoms with Crippen LogP contribution in [0.2, 0.25) is 0 Å². The molecule has 0 aliphatic carbocycles. The number of aromatic amines is 1. The second kappa shape index (κ2) is 8.81. The molecular formula is C21H24N4O5. The maximum atomic E-state index is 12.6. The van der Waals surface area contributed by atoms with Crippen LogP contribution in [0, 0.1) is 0 Å². The molecule has 2 N–H and O–H groups in total. The first-order valence-electron chi connectivity index (χ1n) is 9.71. The highest BCUT2D eigenvalue weighted by Gasteiger charge is 2.36. The summed E-state index contributed by atoms with van der Waals surface area (Å²) in [6.45, 7) is 7.60. The Morgan fingerprint density at radius 3 is 2.77 bits per heavy atom. The molecule has 0 spiro atoms. The van der Waals surface area contributed by atoms with Gasteiger partial charge in [0, 0.05) is 24.9 Å². The van der Waals surface area contributed by atoms with Crippen molar-refractivity contribution in [1.82, 2.24) is 14.6 Å². The van der Waals surface area contributed by atoms with Crippen molar-refractivity contribution in [3.63, 3.8) is 0 Å². The molecule has 1 aromatic heterocycles. The van der Waals surface area contributed by atoms with Crippen molar-refractivity contribution in [2.45, 2.75) is 39.3 Å². The molecule has 1 atom stereocenters. The number of hydrogen-bond acceptors (Lipinski definition) is 6. The molecule has 0 saturated heterocycles. The highest BCUT2D eigenvalue weighted by Crippen LogP contribution is 2.38. The third-order valence-electron chi connectivity index (χ3n) is 4.82. The minimum Gasteiger partial charge on any atom is -0.494 e. The molecule has 0 radical (unpaired) electrons. The number of rotatable bonds is 7. The fraction of sp³-hybridized carbons (Fsp3) is 0.333. The summed E-state index contributed by atoms with van der Waals surface area (Å²) in [5.74, 6) is -0.133. The number of nitrogens with one attached hydrogen (secondary N) is 1. The van der Waals surface area contributed by atoms with E-state index < -0.39 is 23.2 Å². The van der Waals surface area contributed by atoms with Crippen LogP contribution in [-0.4, -0.2) is 37.9 Å². The van der Waals surface area contributed by atoms with Crippen LogP contribution in [0.25, 0.3) is 0 Å². The number of ether oxygens (including phenoxy) is 1. The zero-order valence-electron chi connectivity index (χ0n) is 16.9. The number of carbonyl (C=O) groups excluding carboxylic acids is 1. The van der Waals surface area contributed by atoms with E-state index in [1.165, 1.54) is 11.1 Å². The molecule has 0 saturated carbocycles. The lowest BCUT2D eigenvalue weighted by molar-refractivity contribution is -0.132. The average molecular weight is 412 g/mol. The maximum Gasteiger partial charge on any atom is 0.331 e. The van der Waals surface area contributed by atoms with E-state index in [2.05, 4.69) is 16.7 Å². The quantitative estimate of drug-likeness (QED) is 0.674. The molecular weight excluding hydrogens is 388 g/mol. The summed E-state index contributed by atoms with van der Waals surface area (Å²) in [6.07, 6.45) is 1.81. The summed E-state index contributed by atoms with van der Waals surface area (Å²) in [5.41, 5.74) is -0.694. The third kappa shape index (κ3) is 3.78. The van der Waals surface area contributed by atoms with Crippen molar-refractivity contribution >= 4 is 11.6 Å². The second-order valence-corrected chi connectivity index (χ2v) is 6.69. The zero-order chi connectivity index (χ0) is 21.8. The normalized spacial score (nSPS) is 15.7. The largest absolute Gasteiger partial charge is 0.494 e. The van der Waals surface area contributed by atoms with Gasteiger partial charge in [-0.05, 0) is 13.0 Å². The molecule has 1 aliphatic heterocycles. The molecule has 1 amide bonds. The van der Waals surface area contributed by atoms with Crippen molar-refractivity contribution in [3.8, 4) is 11.6 Å². The second-order valence-electron chi connectivity index (χ2n) is 6.69. The monoisotopic (exact) mass is 412 g/mol. The topological polar surface area (TPSA) is 117 Å².